The summed E-state index contributed by atoms with van der Waals surface area (Å²) in [6.07, 6.45) is -0.503. The van der Waals surface area contributed by atoms with Gasteiger partial charge in [0.25, 0.3) is 5.91 Å². The van der Waals surface area contributed by atoms with Crippen LogP contribution in [-0.2, 0) is 5.41 Å². The Labute approximate surface area is 175 Å². The third kappa shape index (κ3) is 3.45. The van der Waals surface area contributed by atoms with Crippen LogP contribution in [0.15, 0.2) is 72.8 Å². The molecule has 0 N–H and O–H groups in total. The number of hydrogen-bond donors (Lipinski definition) is 0. The summed E-state index contributed by atoms with van der Waals surface area (Å²) in [5.74, 6) is 1.30. The predicted octanol–water partition coefficient (Wildman–Crippen LogP) is 5.69. The van der Waals surface area contributed by atoms with E-state index in [0.29, 0.717) is 16.3 Å². The lowest BCUT2D eigenvalue weighted by atomic mass is 9.85. The Kier molecular flexibility index (Phi) is 4.97. The number of methoxy groups -OCH3 is 1. The van der Waals surface area contributed by atoms with Crippen LogP contribution in [0.25, 0.3) is 0 Å². The summed E-state index contributed by atoms with van der Waals surface area (Å²) in [5.41, 5.74) is 2.08. The number of ether oxygens (including phenoxy) is 2. The summed E-state index contributed by atoms with van der Waals surface area (Å²) in [5, 5.41) is 0.592. The van der Waals surface area contributed by atoms with Gasteiger partial charge in [0.1, 0.15) is 11.5 Å². The molecule has 29 heavy (non-hydrogen) atoms. The molecular weight excluding hydrogens is 386 g/mol. The summed E-state index contributed by atoms with van der Waals surface area (Å²) >= 11 is 6.00. The van der Waals surface area contributed by atoms with Gasteiger partial charge in [0, 0.05) is 16.0 Å². The zero-order valence-corrected chi connectivity index (χ0v) is 17.3. The van der Waals surface area contributed by atoms with E-state index in [9.17, 15) is 4.79 Å². The molecule has 3 aromatic rings. The van der Waals surface area contributed by atoms with Crippen LogP contribution in [0.1, 0.15) is 29.8 Å². The molecule has 0 aromatic heterocycles. The van der Waals surface area contributed by atoms with Crippen molar-refractivity contribution in [3.63, 3.8) is 0 Å². The van der Waals surface area contributed by atoms with Gasteiger partial charge in [-0.2, -0.15) is 0 Å². The number of carbonyl (C=O) groups is 1. The molecule has 0 bridgehead atoms. The highest BCUT2D eigenvalue weighted by molar-refractivity contribution is 6.30. The van der Waals surface area contributed by atoms with Crippen LogP contribution in [0, 0.1) is 0 Å². The number of benzene rings is 3. The molecule has 5 heteroatoms. The molecule has 1 heterocycles. The van der Waals surface area contributed by atoms with Crippen LogP contribution < -0.4 is 14.4 Å². The summed E-state index contributed by atoms with van der Waals surface area (Å²) in [4.78, 5) is 15.2. The first-order valence-corrected chi connectivity index (χ1v) is 9.79. The molecule has 4 nitrogen and oxygen atoms in total. The molecule has 0 unspecified atom stereocenters. The predicted molar refractivity (Wildman–Crippen MR) is 115 cm³/mol. The van der Waals surface area contributed by atoms with Gasteiger partial charge < -0.3 is 9.47 Å². The molecule has 0 saturated carbocycles. The molecule has 0 spiro atoms. The maximum Gasteiger partial charge on any atom is 0.261 e. The van der Waals surface area contributed by atoms with Gasteiger partial charge in [-0.15, -0.1) is 0 Å². The van der Waals surface area contributed by atoms with E-state index in [1.165, 1.54) is 0 Å². The first kappa shape index (κ1) is 19.3. The highest BCUT2D eigenvalue weighted by atomic mass is 35.5. The maximum absolute atomic E-state index is 13.5. The number of halogens is 1. The Balaban J connectivity index is 1.75. The van der Waals surface area contributed by atoms with Gasteiger partial charge in [-0.25, -0.2) is 0 Å². The van der Waals surface area contributed by atoms with Gasteiger partial charge in [0.15, 0.2) is 6.23 Å². The van der Waals surface area contributed by atoms with E-state index in [1.54, 1.807) is 36.3 Å². The highest BCUT2D eigenvalue weighted by Gasteiger charge is 2.49. The first-order chi connectivity index (χ1) is 13.9. The normalized spacial score (nSPS) is 17.0. The highest BCUT2D eigenvalue weighted by Crippen LogP contribution is 2.46. The van der Waals surface area contributed by atoms with Crippen molar-refractivity contribution in [2.24, 2.45) is 0 Å². The third-order valence-corrected chi connectivity index (χ3v) is 5.58. The SMILES string of the molecule is COc1ccc(O[C@H]2N(C(=O)c3ccc(Cl)cc3)c3ccccc3C2(C)C)cc1. The van der Waals surface area contributed by atoms with Gasteiger partial charge in [-0.1, -0.05) is 43.6 Å². The lowest BCUT2D eigenvalue weighted by Gasteiger charge is -2.33. The van der Waals surface area contributed by atoms with E-state index < -0.39 is 11.6 Å². The second-order valence-electron chi connectivity index (χ2n) is 7.57. The lowest BCUT2D eigenvalue weighted by Crippen LogP contribution is -2.48. The van der Waals surface area contributed by atoms with Crippen molar-refractivity contribution in [3.8, 4) is 11.5 Å². The van der Waals surface area contributed by atoms with Gasteiger partial charge in [-0.05, 0) is 60.2 Å². The second-order valence-corrected chi connectivity index (χ2v) is 8.00. The van der Waals surface area contributed by atoms with E-state index in [1.807, 2.05) is 42.5 Å². The molecule has 0 saturated heterocycles. The summed E-state index contributed by atoms with van der Waals surface area (Å²) < 4.78 is 11.6. The molecule has 1 aliphatic heterocycles. The van der Waals surface area contributed by atoms with E-state index in [4.69, 9.17) is 21.1 Å². The fourth-order valence-electron chi connectivity index (χ4n) is 3.74. The number of carbonyl (C=O) groups excluding carboxylic acids is 1. The number of nitrogens with zero attached hydrogens (tertiary/aromatic N) is 1. The number of amides is 1. The molecule has 4 rings (SSSR count). The Morgan fingerprint density at radius 3 is 2.21 bits per heavy atom. The van der Waals surface area contributed by atoms with Gasteiger partial charge in [0.05, 0.1) is 12.8 Å². The molecule has 3 aromatic carbocycles. The monoisotopic (exact) mass is 407 g/mol. The molecule has 0 fully saturated rings. The molecule has 0 aliphatic carbocycles. The van der Waals surface area contributed by atoms with Crippen molar-refractivity contribution in [1.29, 1.82) is 0 Å². The van der Waals surface area contributed by atoms with Crippen LogP contribution in [0.4, 0.5) is 5.69 Å². The topological polar surface area (TPSA) is 38.8 Å². The summed E-state index contributed by atoms with van der Waals surface area (Å²) in [7, 11) is 1.62. The summed E-state index contributed by atoms with van der Waals surface area (Å²) in [6, 6.07) is 22.2. The molecule has 0 radical (unpaired) electrons. The number of fused-ring (bicyclic) bond motifs is 1. The minimum absolute atomic E-state index is 0.127. The molecular formula is C24H22ClNO3. The minimum Gasteiger partial charge on any atom is -0.497 e. The summed E-state index contributed by atoms with van der Waals surface area (Å²) in [6.45, 7) is 4.18. The lowest BCUT2D eigenvalue weighted by molar-refractivity contribution is 0.0848. The van der Waals surface area contributed by atoms with Crippen molar-refractivity contribution < 1.29 is 14.3 Å². The van der Waals surface area contributed by atoms with Crippen molar-refractivity contribution in [1.82, 2.24) is 0 Å². The number of anilines is 1. The Hall–Kier alpha value is -2.98. The molecule has 1 aliphatic rings. The van der Waals surface area contributed by atoms with Crippen LogP contribution >= 0.6 is 11.6 Å². The standard InChI is InChI=1S/C24H22ClNO3/c1-24(2)20-6-4-5-7-21(20)26(22(27)16-8-10-17(25)11-9-16)23(24)29-19-14-12-18(28-3)13-15-19/h4-15,23H,1-3H3/t23-/m1/s1. The van der Waals surface area contributed by atoms with Crippen LogP contribution in [0.2, 0.25) is 5.02 Å². The third-order valence-electron chi connectivity index (χ3n) is 5.33. The van der Waals surface area contributed by atoms with E-state index in [0.717, 1.165) is 17.0 Å². The van der Waals surface area contributed by atoms with Crippen LogP contribution in [0.3, 0.4) is 0 Å². The average molecular weight is 408 g/mol. The average Bonchev–Trinajstić information content (AvgIpc) is 2.96. The second kappa shape index (κ2) is 7.45. The molecule has 1 amide bonds. The van der Waals surface area contributed by atoms with E-state index in [-0.39, 0.29) is 5.91 Å². The Morgan fingerprint density at radius 2 is 1.55 bits per heavy atom. The van der Waals surface area contributed by atoms with Gasteiger partial charge in [-0.3, -0.25) is 9.69 Å². The largest absolute Gasteiger partial charge is 0.497 e. The molecule has 1 atom stereocenters. The maximum atomic E-state index is 13.5. The first-order valence-electron chi connectivity index (χ1n) is 9.41. The number of hydrogen-bond acceptors (Lipinski definition) is 3. The van der Waals surface area contributed by atoms with Crippen LogP contribution in [-0.4, -0.2) is 19.2 Å². The van der Waals surface area contributed by atoms with Crippen molar-refractivity contribution in [3.05, 3.63) is 88.9 Å². The van der Waals surface area contributed by atoms with E-state index >= 15 is 0 Å². The minimum atomic E-state index is -0.503. The quantitative estimate of drug-likeness (QED) is 0.557. The number of para-hydroxylation sites is 1. The zero-order valence-electron chi connectivity index (χ0n) is 16.6. The zero-order chi connectivity index (χ0) is 20.6. The van der Waals surface area contributed by atoms with Gasteiger partial charge >= 0.3 is 0 Å². The van der Waals surface area contributed by atoms with Crippen LogP contribution in [0.5, 0.6) is 11.5 Å². The smallest absolute Gasteiger partial charge is 0.261 e. The van der Waals surface area contributed by atoms with Crippen molar-refractivity contribution in [2.45, 2.75) is 25.5 Å². The van der Waals surface area contributed by atoms with Crippen molar-refractivity contribution in [2.75, 3.05) is 12.0 Å². The Morgan fingerprint density at radius 1 is 0.931 bits per heavy atom. The van der Waals surface area contributed by atoms with Crippen molar-refractivity contribution >= 4 is 23.2 Å². The van der Waals surface area contributed by atoms with E-state index in [2.05, 4.69) is 19.9 Å². The fourth-order valence-corrected chi connectivity index (χ4v) is 3.87. The van der Waals surface area contributed by atoms with Gasteiger partial charge in [0.2, 0.25) is 0 Å². The number of rotatable bonds is 4. The Bertz CT molecular complexity index is 1030. The molecule has 148 valence electrons. The fraction of sp³-hybridized carbons (Fsp3) is 0.208.